The van der Waals surface area contributed by atoms with Crippen molar-refractivity contribution < 1.29 is 0 Å². The molecule has 19 heavy (non-hydrogen) atoms. The van der Waals surface area contributed by atoms with Crippen molar-refractivity contribution in [2.24, 2.45) is 0 Å². The van der Waals surface area contributed by atoms with Crippen molar-refractivity contribution in [2.75, 3.05) is 11.9 Å². The molecule has 1 atom stereocenters. The van der Waals surface area contributed by atoms with E-state index in [1.165, 1.54) is 5.56 Å². The number of benzene rings is 2. The predicted octanol–water partition coefficient (Wildman–Crippen LogP) is 3.88. The molecule has 0 radical (unpaired) electrons. The van der Waals surface area contributed by atoms with Crippen molar-refractivity contribution in [2.45, 2.75) is 6.04 Å². The number of hydrogen-bond donors (Lipinski definition) is 2. The smallest absolute Gasteiger partial charge is 0.108 e. The SMILES string of the molecule is S=C1NCC(c2ccc(Br)cc2)Nc2ccccc21. The van der Waals surface area contributed by atoms with Gasteiger partial charge in [0.1, 0.15) is 4.99 Å². The van der Waals surface area contributed by atoms with Crippen LogP contribution in [0, 0.1) is 0 Å². The van der Waals surface area contributed by atoms with Crippen LogP contribution in [-0.4, -0.2) is 11.5 Å². The summed E-state index contributed by atoms with van der Waals surface area (Å²) in [6.45, 7) is 0.787. The fourth-order valence-corrected chi connectivity index (χ4v) is 2.76. The van der Waals surface area contributed by atoms with Crippen LogP contribution < -0.4 is 10.6 Å². The molecule has 0 fully saturated rings. The van der Waals surface area contributed by atoms with Crippen molar-refractivity contribution in [3.63, 3.8) is 0 Å². The summed E-state index contributed by atoms with van der Waals surface area (Å²) in [7, 11) is 0. The molecular formula is C15H13BrN2S. The second kappa shape index (κ2) is 5.31. The number of halogens is 1. The van der Waals surface area contributed by atoms with Crippen molar-refractivity contribution in [1.29, 1.82) is 0 Å². The van der Waals surface area contributed by atoms with Crippen LogP contribution in [0.2, 0.25) is 0 Å². The molecule has 0 bridgehead atoms. The molecule has 2 aromatic rings. The largest absolute Gasteiger partial charge is 0.376 e. The third kappa shape index (κ3) is 2.65. The molecule has 3 rings (SSSR count). The van der Waals surface area contributed by atoms with Gasteiger partial charge in [0.05, 0.1) is 6.04 Å². The van der Waals surface area contributed by atoms with Gasteiger partial charge in [-0.25, -0.2) is 0 Å². The van der Waals surface area contributed by atoms with E-state index in [0.29, 0.717) is 0 Å². The summed E-state index contributed by atoms with van der Waals surface area (Å²) >= 11 is 8.88. The van der Waals surface area contributed by atoms with Crippen molar-refractivity contribution in [3.8, 4) is 0 Å². The van der Waals surface area contributed by atoms with Gasteiger partial charge in [-0.2, -0.15) is 0 Å². The summed E-state index contributed by atoms with van der Waals surface area (Å²) in [5, 5.41) is 6.88. The lowest BCUT2D eigenvalue weighted by Crippen LogP contribution is -2.26. The minimum atomic E-state index is 0.217. The molecule has 2 N–H and O–H groups in total. The quantitative estimate of drug-likeness (QED) is 0.775. The number of rotatable bonds is 1. The molecule has 1 aliphatic rings. The Morgan fingerprint density at radius 3 is 2.58 bits per heavy atom. The number of fused-ring (bicyclic) bond motifs is 1. The molecule has 96 valence electrons. The maximum atomic E-state index is 5.41. The van der Waals surface area contributed by atoms with Crippen LogP contribution >= 0.6 is 28.1 Å². The van der Waals surface area contributed by atoms with Crippen molar-refractivity contribution in [1.82, 2.24) is 5.32 Å². The minimum absolute atomic E-state index is 0.217. The maximum absolute atomic E-state index is 5.41. The summed E-state index contributed by atoms with van der Waals surface area (Å²) in [5.41, 5.74) is 3.40. The molecule has 1 unspecified atom stereocenters. The van der Waals surface area contributed by atoms with Crippen LogP contribution in [0.25, 0.3) is 0 Å². The highest BCUT2D eigenvalue weighted by molar-refractivity contribution is 9.10. The lowest BCUT2D eigenvalue weighted by Gasteiger charge is -2.18. The lowest BCUT2D eigenvalue weighted by molar-refractivity contribution is 0.746. The topological polar surface area (TPSA) is 24.1 Å². The Hall–Kier alpha value is -1.39. The average Bonchev–Trinajstić information content (AvgIpc) is 2.60. The third-order valence-electron chi connectivity index (χ3n) is 3.24. The van der Waals surface area contributed by atoms with E-state index < -0.39 is 0 Å². The van der Waals surface area contributed by atoms with Gasteiger partial charge in [0, 0.05) is 22.3 Å². The highest BCUT2D eigenvalue weighted by Gasteiger charge is 2.19. The van der Waals surface area contributed by atoms with E-state index in [2.05, 4.69) is 56.9 Å². The second-order valence-electron chi connectivity index (χ2n) is 4.50. The van der Waals surface area contributed by atoms with E-state index in [4.69, 9.17) is 12.2 Å². The van der Waals surface area contributed by atoms with Crippen LogP contribution in [0.4, 0.5) is 5.69 Å². The highest BCUT2D eigenvalue weighted by atomic mass is 79.9. The predicted molar refractivity (Wildman–Crippen MR) is 86.7 cm³/mol. The van der Waals surface area contributed by atoms with Crippen molar-refractivity contribution in [3.05, 3.63) is 64.1 Å². The summed E-state index contributed by atoms with van der Waals surface area (Å²) in [6.07, 6.45) is 0. The maximum Gasteiger partial charge on any atom is 0.108 e. The Morgan fingerprint density at radius 2 is 1.79 bits per heavy atom. The fraction of sp³-hybridized carbons (Fsp3) is 0.133. The zero-order valence-corrected chi connectivity index (χ0v) is 12.6. The molecule has 0 aliphatic carbocycles. The van der Waals surface area contributed by atoms with Crippen LogP contribution in [0.3, 0.4) is 0 Å². The Bertz CT molecular complexity index is 610. The van der Waals surface area contributed by atoms with Crippen LogP contribution in [-0.2, 0) is 0 Å². The van der Waals surface area contributed by atoms with Gasteiger partial charge < -0.3 is 10.6 Å². The van der Waals surface area contributed by atoms with Gasteiger partial charge in [-0.05, 0) is 29.8 Å². The standard InChI is InChI=1S/C15H13BrN2S/c16-11-7-5-10(6-8-11)14-9-17-15(19)12-3-1-2-4-13(12)18-14/h1-8,14,18H,9H2,(H,17,19). The molecular weight excluding hydrogens is 320 g/mol. The Balaban J connectivity index is 1.94. The summed E-state index contributed by atoms with van der Waals surface area (Å²) in [5.74, 6) is 0. The molecule has 0 saturated carbocycles. The molecule has 2 nitrogen and oxygen atoms in total. The molecule has 0 amide bonds. The van der Waals surface area contributed by atoms with E-state index >= 15 is 0 Å². The van der Waals surface area contributed by atoms with Crippen LogP contribution in [0.15, 0.2) is 53.0 Å². The van der Waals surface area contributed by atoms with Gasteiger partial charge in [0.25, 0.3) is 0 Å². The molecule has 0 spiro atoms. The Kier molecular flexibility index (Phi) is 3.53. The minimum Gasteiger partial charge on any atom is -0.376 e. The Morgan fingerprint density at radius 1 is 1.05 bits per heavy atom. The van der Waals surface area contributed by atoms with E-state index in [-0.39, 0.29) is 6.04 Å². The van der Waals surface area contributed by atoms with Gasteiger partial charge in [-0.1, -0.05) is 52.4 Å². The fourth-order valence-electron chi connectivity index (χ4n) is 2.23. The monoisotopic (exact) mass is 332 g/mol. The number of para-hydroxylation sites is 1. The van der Waals surface area contributed by atoms with Crippen LogP contribution in [0.1, 0.15) is 17.2 Å². The molecule has 1 aliphatic heterocycles. The normalized spacial score (nSPS) is 17.9. The first-order chi connectivity index (χ1) is 9.24. The van der Waals surface area contributed by atoms with Gasteiger partial charge in [0.15, 0.2) is 0 Å². The highest BCUT2D eigenvalue weighted by Crippen LogP contribution is 2.26. The van der Waals surface area contributed by atoms with Crippen molar-refractivity contribution >= 4 is 38.8 Å². The van der Waals surface area contributed by atoms with E-state index in [0.717, 1.165) is 27.3 Å². The van der Waals surface area contributed by atoms with Gasteiger partial charge in [0.2, 0.25) is 0 Å². The zero-order chi connectivity index (χ0) is 13.2. The number of nitrogens with one attached hydrogen (secondary N) is 2. The summed E-state index contributed by atoms with van der Waals surface area (Å²) in [6, 6.07) is 16.7. The second-order valence-corrected chi connectivity index (χ2v) is 5.83. The Labute approximate surface area is 126 Å². The number of hydrogen-bond acceptors (Lipinski definition) is 2. The molecule has 2 aromatic carbocycles. The van der Waals surface area contributed by atoms with E-state index in [9.17, 15) is 0 Å². The first-order valence-corrected chi connectivity index (χ1v) is 7.33. The summed E-state index contributed by atoms with van der Waals surface area (Å²) in [4.78, 5) is 0.808. The first-order valence-electron chi connectivity index (χ1n) is 6.13. The number of anilines is 1. The first kappa shape index (κ1) is 12.6. The van der Waals surface area contributed by atoms with Gasteiger partial charge in [-0.15, -0.1) is 0 Å². The molecule has 1 heterocycles. The van der Waals surface area contributed by atoms with E-state index in [1.54, 1.807) is 0 Å². The zero-order valence-electron chi connectivity index (χ0n) is 10.2. The average molecular weight is 333 g/mol. The molecule has 0 aromatic heterocycles. The summed E-state index contributed by atoms with van der Waals surface area (Å²) < 4.78 is 1.09. The van der Waals surface area contributed by atoms with E-state index in [1.807, 2.05) is 18.2 Å². The van der Waals surface area contributed by atoms with Gasteiger partial charge >= 0.3 is 0 Å². The van der Waals surface area contributed by atoms with Crippen LogP contribution in [0.5, 0.6) is 0 Å². The third-order valence-corrected chi connectivity index (χ3v) is 4.13. The number of thiocarbonyl (C=S) groups is 1. The molecule has 0 saturated heterocycles. The van der Waals surface area contributed by atoms with Gasteiger partial charge in [-0.3, -0.25) is 0 Å². The lowest BCUT2D eigenvalue weighted by atomic mass is 10.1. The molecule has 4 heteroatoms.